The van der Waals surface area contributed by atoms with Crippen molar-refractivity contribution in [3.8, 4) is 0 Å². The van der Waals surface area contributed by atoms with E-state index in [0.29, 0.717) is 5.92 Å². The van der Waals surface area contributed by atoms with Gasteiger partial charge in [0.2, 0.25) is 0 Å². The van der Waals surface area contributed by atoms with Crippen LogP contribution in [0.25, 0.3) is 0 Å². The average Bonchev–Trinajstić information content (AvgIpc) is 2.71. The van der Waals surface area contributed by atoms with E-state index in [1.54, 1.807) is 0 Å². The van der Waals surface area contributed by atoms with Crippen molar-refractivity contribution in [2.24, 2.45) is 11.8 Å². The summed E-state index contributed by atoms with van der Waals surface area (Å²) in [6.07, 6.45) is 1.63. The third-order valence-electron chi connectivity index (χ3n) is 3.43. The molecule has 0 bridgehead atoms. The highest BCUT2D eigenvalue weighted by molar-refractivity contribution is 9.09. The molecule has 0 radical (unpaired) electrons. The zero-order valence-electron chi connectivity index (χ0n) is 10.8. The lowest BCUT2D eigenvalue weighted by atomic mass is 9.93. The van der Waals surface area contributed by atoms with E-state index in [-0.39, 0.29) is 22.8 Å². The van der Waals surface area contributed by atoms with Crippen LogP contribution in [-0.4, -0.2) is 16.9 Å². The number of hydrogen-bond acceptors (Lipinski definition) is 2. The Bertz CT molecular complexity index is 402. The summed E-state index contributed by atoms with van der Waals surface area (Å²) in [7, 11) is 0. The molecule has 98 valence electrons. The second-order valence-corrected chi connectivity index (χ2v) is 6.34. The molecule has 1 saturated heterocycles. The van der Waals surface area contributed by atoms with Gasteiger partial charge in [0, 0.05) is 0 Å². The molecular weight excluding hydrogens is 292 g/mol. The maximum atomic E-state index is 11.9. The molecular formula is C15H19BrO2. The van der Waals surface area contributed by atoms with Crippen molar-refractivity contribution in [2.75, 3.05) is 0 Å². The highest BCUT2D eigenvalue weighted by Gasteiger charge is 2.38. The second kappa shape index (κ2) is 5.87. The largest absolute Gasteiger partial charge is 0.461 e. The van der Waals surface area contributed by atoms with E-state index >= 15 is 0 Å². The first kappa shape index (κ1) is 13.6. The smallest absolute Gasteiger partial charge is 0.309 e. The van der Waals surface area contributed by atoms with Crippen LogP contribution in [0.15, 0.2) is 30.3 Å². The molecule has 1 aliphatic rings. The van der Waals surface area contributed by atoms with Gasteiger partial charge >= 0.3 is 5.97 Å². The average molecular weight is 311 g/mol. The fourth-order valence-corrected chi connectivity index (χ4v) is 2.68. The minimum atomic E-state index is -0.0473. The molecule has 3 heteroatoms. The number of esters is 1. The number of carbonyl (C=O) groups excluding carboxylic acids is 1. The Labute approximate surface area is 117 Å². The van der Waals surface area contributed by atoms with E-state index in [4.69, 9.17) is 4.74 Å². The van der Waals surface area contributed by atoms with Gasteiger partial charge in [-0.05, 0) is 24.3 Å². The first-order chi connectivity index (χ1) is 8.58. The molecule has 1 aliphatic heterocycles. The molecule has 2 rings (SSSR count). The molecule has 18 heavy (non-hydrogen) atoms. The molecule has 1 aromatic carbocycles. The Morgan fingerprint density at radius 1 is 1.33 bits per heavy atom. The lowest BCUT2D eigenvalue weighted by molar-refractivity contribution is -0.144. The number of halogens is 1. The number of benzene rings is 1. The topological polar surface area (TPSA) is 26.3 Å². The molecule has 0 amide bonds. The molecule has 0 N–H and O–H groups in total. The van der Waals surface area contributed by atoms with Crippen molar-refractivity contribution < 1.29 is 9.53 Å². The van der Waals surface area contributed by atoms with E-state index in [1.807, 2.05) is 18.2 Å². The zero-order chi connectivity index (χ0) is 13.1. The van der Waals surface area contributed by atoms with Gasteiger partial charge in [0.25, 0.3) is 0 Å². The molecule has 0 spiro atoms. The monoisotopic (exact) mass is 310 g/mol. The van der Waals surface area contributed by atoms with Crippen LogP contribution in [0.5, 0.6) is 0 Å². The third kappa shape index (κ3) is 3.14. The van der Waals surface area contributed by atoms with Gasteiger partial charge in [-0.3, -0.25) is 4.79 Å². The molecule has 2 nitrogen and oxygen atoms in total. The van der Waals surface area contributed by atoms with Gasteiger partial charge in [0.05, 0.1) is 10.7 Å². The first-order valence-electron chi connectivity index (χ1n) is 6.46. The van der Waals surface area contributed by atoms with Gasteiger partial charge in [-0.1, -0.05) is 60.1 Å². The van der Waals surface area contributed by atoms with Crippen LogP contribution in [0.2, 0.25) is 0 Å². The van der Waals surface area contributed by atoms with Crippen molar-refractivity contribution in [3.63, 3.8) is 0 Å². The van der Waals surface area contributed by atoms with E-state index < -0.39 is 0 Å². The summed E-state index contributed by atoms with van der Waals surface area (Å²) >= 11 is 3.63. The SMILES string of the molecule is CC(C)[C@@H](Br)[C@@H]1C[C@@H](Cc2ccccc2)C(=O)O1. The summed E-state index contributed by atoms with van der Waals surface area (Å²) in [6, 6.07) is 10.1. The molecule has 0 aliphatic carbocycles. The second-order valence-electron chi connectivity index (χ2n) is 5.29. The van der Waals surface area contributed by atoms with E-state index in [9.17, 15) is 4.79 Å². The van der Waals surface area contributed by atoms with E-state index in [0.717, 1.165) is 12.8 Å². The predicted molar refractivity (Wildman–Crippen MR) is 75.7 cm³/mol. The number of cyclic esters (lactones) is 1. The Morgan fingerprint density at radius 2 is 2.00 bits per heavy atom. The maximum Gasteiger partial charge on any atom is 0.309 e. The number of carbonyl (C=O) groups is 1. The van der Waals surface area contributed by atoms with Gasteiger partial charge in [0.15, 0.2) is 0 Å². The van der Waals surface area contributed by atoms with Gasteiger partial charge in [-0.25, -0.2) is 0 Å². The van der Waals surface area contributed by atoms with Crippen molar-refractivity contribution in [1.29, 1.82) is 0 Å². The minimum Gasteiger partial charge on any atom is -0.461 e. The molecule has 1 aromatic rings. The molecule has 3 atom stereocenters. The zero-order valence-corrected chi connectivity index (χ0v) is 12.4. The standard InChI is InChI=1S/C15H19BrO2/c1-10(2)14(16)13-9-12(15(17)18-13)8-11-6-4-3-5-7-11/h3-7,10,12-14H,8-9H2,1-2H3/t12-,13+,14-/m1/s1. The number of ether oxygens (including phenoxy) is 1. The van der Waals surface area contributed by atoms with Gasteiger partial charge in [-0.2, -0.15) is 0 Å². The molecule has 0 aromatic heterocycles. The van der Waals surface area contributed by atoms with Crippen LogP contribution in [0.3, 0.4) is 0 Å². The normalized spacial score (nSPS) is 25.2. The lowest BCUT2D eigenvalue weighted by Gasteiger charge is -2.19. The highest BCUT2D eigenvalue weighted by atomic mass is 79.9. The van der Waals surface area contributed by atoms with Gasteiger partial charge < -0.3 is 4.74 Å². The summed E-state index contributed by atoms with van der Waals surface area (Å²) < 4.78 is 5.48. The van der Waals surface area contributed by atoms with Crippen molar-refractivity contribution in [2.45, 2.75) is 37.6 Å². The highest BCUT2D eigenvalue weighted by Crippen LogP contribution is 2.32. The number of hydrogen-bond donors (Lipinski definition) is 0. The van der Waals surface area contributed by atoms with Crippen molar-refractivity contribution >= 4 is 21.9 Å². The predicted octanol–water partition coefficient (Wildman–Crippen LogP) is 3.58. The van der Waals surface area contributed by atoms with E-state index in [2.05, 4.69) is 41.9 Å². The molecule has 0 saturated carbocycles. The van der Waals surface area contributed by atoms with Crippen molar-refractivity contribution in [1.82, 2.24) is 0 Å². The third-order valence-corrected chi connectivity index (χ3v) is 5.08. The summed E-state index contributed by atoms with van der Waals surface area (Å²) in [5, 5.41) is 0. The lowest BCUT2D eigenvalue weighted by Crippen LogP contribution is -2.25. The maximum absolute atomic E-state index is 11.9. The van der Waals surface area contributed by atoms with Crippen LogP contribution in [0, 0.1) is 11.8 Å². The number of alkyl halides is 1. The van der Waals surface area contributed by atoms with Crippen molar-refractivity contribution in [3.05, 3.63) is 35.9 Å². The molecule has 1 fully saturated rings. The first-order valence-corrected chi connectivity index (χ1v) is 7.38. The van der Waals surface area contributed by atoms with Gasteiger partial charge in [0.1, 0.15) is 6.10 Å². The number of rotatable bonds is 4. The molecule has 0 unspecified atom stereocenters. The summed E-state index contributed by atoms with van der Waals surface area (Å²) in [5.41, 5.74) is 1.20. The Morgan fingerprint density at radius 3 is 2.61 bits per heavy atom. The Hall–Kier alpha value is -0.830. The van der Waals surface area contributed by atoms with Crippen LogP contribution in [-0.2, 0) is 16.0 Å². The minimum absolute atomic E-state index is 0.0104. The Kier molecular flexibility index (Phi) is 4.44. The summed E-state index contributed by atoms with van der Waals surface area (Å²) in [4.78, 5) is 12.1. The summed E-state index contributed by atoms with van der Waals surface area (Å²) in [5.74, 6) is 0.434. The van der Waals surface area contributed by atoms with Gasteiger partial charge in [-0.15, -0.1) is 0 Å². The van der Waals surface area contributed by atoms with Crippen LogP contribution in [0.4, 0.5) is 0 Å². The fourth-order valence-electron chi connectivity index (χ4n) is 2.36. The fraction of sp³-hybridized carbons (Fsp3) is 0.533. The quantitative estimate of drug-likeness (QED) is 0.627. The van der Waals surface area contributed by atoms with Crippen LogP contribution in [0.1, 0.15) is 25.8 Å². The van der Waals surface area contributed by atoms with Crippen LogP contribution < -0.4 is 0 Å². The van der Waals surface area contributed by atoms with E-state index in [1.165, 1.54) is 5.56 Å². The van der Waals surface area contributed by atoms with Crippen LogP contribution >= 0.6 is 15.9 Å². The Balaban J connectivity index is 1.98. The summed E-state index contributed by atoms with van der Waals surface area (Å²) in [6.45, 7) is 4.27. The molecule has 1 heterocycles.